The van der Waals surface area contributed by atoms with E-state index in [1.54, 1.807) is 35.2 Å². The van der Waals surface area contributed by atoms with Gasteiger partial charge in [0.2, 0.25) is 10.0 Å². The standard InChI is InChI=1S/C19H17ClN2O3S2/c20-17-15-8-4-5-9-16(15)26-18(17)19(23)21-10-12-22(13-11-21)27(24,25)14-6-2-1-3-7-14/h1-9H,10-13H2. The lowest BCUT2D eigenvalue weighted by Gasteiger charge is -2.33. The monoisotopic (exact) mass is 420 g/mol. The average molecular weight is 421 g/mol. The van der Waals surface area contributed by atoms with E-state index in [4.69, 9.17) is 11.6 Å². The third-order valence-electron chi connectivity index (χ3n) is 4.64. The molecular formula is C19H17ClN2O3S2. The molecular weight excluding hydrogens is 404 g/mol. The van der Waals surface area contributed by atoms with Crippen LogP contribution in [0.3, 0.4) is 0 Å². The number of hydrogen-bond acceptors (Lipinski definition) is 4. The van der Waals surface area contributed by atoms with Crippen LogP contribution >= 0.6 is 22.9 Å². The Labute approximate surface area is 166 Å². The predicted octanol–water partition coefficient (Wildman–Crippen LogP) is 3.70. The summed E-state index contributed by atoms with van der Waals surface area (Å²) in [5.41, 5.74) is 0. The van der Waals surface area contributed by atoms with Gasteiger partial charge in [0.15, 0.2) is 0 Å². The van der Waals surface area contributed by atoms with E-state index in [1.807, 2.05) is 24.3 Å². The van der Waals surface area contributed by atoms with Gasteiger partial charge in [-0.15, -0.1) is 11.3 Å². The molecule has 1 aromatic heterocycles. The molecule has 0 radical (unpaired) electrons. The zero-order valence-corrected chi connectivity index (χ0v) is 16.7. The summed E-state index contributed by atoms with van der Waals surface area (Å²) in [6, 6.07) is 16.0. The maximum atomic E-state index is 12.9. The highest BCUT2D eigenvalue weighted by atomic mass is 35.5. The van der Waals surface area contributed by atoms with Gasteiger partial charge in [0.05, 0.1) is 9.92 Å². The number of sulfonamides is 1. The Balaban J connectivity index is 1.50. The zero-order chi connectivity index (χ0) is 19.0. The second kappa shape index (κ2) is 7.24. The molecule has 27 heavy (non-hydrogen) atoms. The van der Waals surface area contributed by atoms with E-state index in [-0.39, 0.29) is 23.9 Å². The summed E-state index contributed by atoms with van der Waals surface area (Å²) < 4.78 is 27.8. The number of nitrogens with zero attached hydrogens (tertiary/aromatic N) is 2. The van der Waals surface area contributed by atoms with Crippen molar-refractivity contribution in [2.24, 2.45) is 0 Å². The molecule has 0 atom stereocenters. The van der Waals surface area contributed by atoms with Gasteiger partial charge >= 0.3 is 0 Å². The second-order valence-corrected chi connectivity index (χ2v) is 9.62. The molecule has 0 aliphatic carbocycles. The van der Waals surface area contributed by atoms with Crippen molar-refractivity contribution in [3.63, 3.8) is 0 Å². The van der Waals surface area contributed by atoms with E-state index in [0.29, 0.717) is 23.0 Å². The Bertz CT molecular complexity index is 1090. The molecule has 1 aliphatic heterocycles. The fourth-order valence-corrected chi connectivity index (χ4v) is 6.09. The SMILES string of the molecule is O=C(c1sc2ccccc2c1Cl)N1CCN(S(=O)(=O)c2ccccc2)CC1. The molecule has 1 fully saturated rings. The van der Waals surface area contributed by atoms with Crippen LogP contribution in [0.5, 0.6) is 0 Å². The van der Waals surface area contributed by atoms with E-state index in [2.05, 4.69) is 0 Å². The number of fused-ring (bicyclic) bond motifs is 1. The quantitative estimate of drug-likeness (QED) is 0.649. The summed E-state index contributed by atoms with van der Waals surface area (Å²) in [6.07, 6.45) is 0. The Morgan fingerprint density at radius 3 is 2.22 bits per heavy atom. The number of rotatable bonds is 3. The third kappa shape index (κ3) is 3.36. The van der Waals surface area contributed by atoms with E-state index >= 15 is 0 Å². The van der Waals surface area contributed by atoms with Gasteiger partial charge in [-0.25, -0.2) is 8.42 Å². The molecule has 8 heteroatoms. The lowest BCUT2D eigenvalue weighted by Crippen LogP contribution is -2.50. The highest BCUT2D eigenvalue weighted by Gasteiger charge is 2.31. The molecule has 1 aliphatic rings. The van der Waals surface area contributed by atoms with E-state index in [9.17, 15) is 13.2 Å². The summed E-state index contributed by atoms with van der Waals surface area (Å²) in [5.74, 6) is -0.141. The first kappa shape index (κ1) is 18.4. The largest absolute Gasteiger partial charge is 0.335 e. The summed E-state index contributed by atoms with van der Waals surface area (Å²) in [4.78, 5) is 15.4. The third-order valence-corrected chi connectivity index (χ3v) is 8.21. The maximum Gasteiger partial charge on any atom is 0.265 e. The molecule has 140 valence electrons. The maximum absolute atomic E-state index is 12.9. The Hall–Kier alpha value is -1.93. The van der Waals surface area contributed by atoms with Gasteiger partial charge in [-0.05, 0) is 18.2 Å². The number of halogens is 1. The molecule has 2 aromatic carbocycles. The van der Waals surface area contributed by atoms with Crippen molar-refractivity contribution < 1.29 is 13.2 Å². The molecule has 3 aromatic rings. The number of hydrogen-bond donors (Lipinski definition) is 0. The minimum atomic E-state index is -3.53. The van der Waals surface area contributed by atoms with Crippen molar-refractivity contribution in [1.82, 2.24) is 9.21 Å². The Morgan fingerprint density at radius 1 is 0.926 bits per heavy atom. The molecule has 0 spiro atoms. The van der Waals surface area contributed by atoms with Crippen molar-refractivity contribution in [3.8, 4) is 0 Å². The summed E-state index contributed by atoms with van der Waals surface area (Å²) in [6.45, 7) is 1.22. The van der Waals surface area contributed by atoms with Gasteiger partial charge in [-0.3, -0.25) is 4.79 Å². The number of carbonyl (C=O) groups excluding carboxylic acids is 1. The molecule has 0 unspecified atom stereocenters. The summed E-state index contributed by atoms with van der Waals surface area (Å²) in [7, 11) is -3.53. The van der Waals surface area contributed by atoms with E-state index < -0.39 is 10.0 Å². The molecule has 5 nitrogen and oxygen atoms in total. The molecule has 1 amide bonds. The smallest absolute Gasteiger partial charge is 0.265 e. The van der Waals surface area contributed by atoms with Crippen molar-refractivity contribution in [2.45, 2.75) is 4.90 Å². The fraction of sp³-hybridized carbons (Fsp3) is 0.211. The van der Waals surface area contributed by atoms with Gasteiger partial charge in [-0.2, -0.15) is 4.31 Å². The molecule has 0 N–H and O–H groups in total. The molecule has 0 bridgehead atoms. The lowest BCUT2D eigenvalue weighted by atomic mass is 10.2. The minimum Gasteiger partial charge on any atom is -0.335 e. The Kier molecular flexibility index (Phi) is 4.94. The minimum absolute atomic E-state index is 0.141. The fourth-order valence-electron chi connectivity index (χ4n) is 3.17. The predicted molar refractivity (Wildman–Crippen MR) is 108 cm³/mol. The van der Waals surface area contributed by atoms with Gasteiger partial charge in [0.1, 0.15) is 4.88 Å². The molecule has 1 saturated heterocycles. The highest BCUT2D eigenvalue weighted by Crippen LogP contribution is 2.36. The van der Waals surface area contributed by atoms with Crippen LogP contribution in [0.1, 0.15) is 9.67 Å². The van der Waals surface area contributed by atoms with Crippen LogP contribution in [0.4, 0.5) is 0 Å². The first-order chi connectivity index (χ1) is 13.0. The normalized spacial score (nSPS) is 16.0. The average Bonchev–Trinajstić information content (AvgIpc) is 3.05. The number of amides is 1. The van der Waals surface area contributed by atoms with Crippen molar-refractivity contribution in [2.75, 3.05) is 26.2 Å². The molecule has 0 saturated carbocycles. The van der Waals surface area contributed by atoms with Crippen LogP contribution in [0.2, 0.25) is 5.02 Å². The number of benzene rings is 2. The van der Waals surface area contributed by atoms with Crippen LogP contribution in [0.15, 0.2) is 59.5 Å². The highest BCUT2D eigenvalue weighted by molar-refractivity contribution is 7.89. The van der Waals surface area contributed by atoms with E-state index in [1.165, 1.54) is 15.6 Å². The lowest BCUT2D eigenvalue weighted by molar-refractivity contribution is 0.0703. The van der Waals surface area contributed by atoms with Gasteiger partial charge in [0.25, 0.3) is 5.91 Å². The topological polar surface area (TPSA) is 57.7 Å². The molecule has 4 rings (SSSR count). The van der Waals surface area contributed by atoms with Crippen molar-refractivity contribution in [3.05, 3.63) is 64.5 Å². The zero-order valence-electron chi connectivity index (χ0n) is 14.3. The van der Waals surface area contributed by atoms with Crippen molar-refractivity contribution in [1.29, 1.82) is 0 Å². The first-order valence-corrected chi connectivity index (χ1v) is 11.1. The van der Waals surface area contributed by atoms with Crippen LogP contribution in [-0.4, -0.2) is 49.7 Å². The number of carbonyl (C=O) groups is 1. The number of thiophene rings is 1. The van der Waals surface area contributed by atoms with Crippen LogP contribution in [0.25, 0.3) is 10.1 Å². The van der Waals surface area contributed by atoms with Crippen molar-refractivity contribution >= 4 is 49.0 Å². The van der Waals surface area contributed by atoms with Gasteiger partial charge in [-0.1, -0.05) is 48.0 Å². The molecule has 2 heterocycles. The van der Waals surface area contributed by atoms with Gasteiger partial charge < -0.3 is 4.90 Å². The van der Waals surface area contributed by atoms with Crippen LogP contribution < -0.4 is 0 Å². The summed E-state index contributed by atoms with van der Waals surface area (Å²) in [5, 5.41) is 1.35. The van der Waals surface area contributed by atoms with E-state index in [0.717, 1.165) is 10.1 Å². The van der Waals surface area contributed by atoms with Crippen LogP contribution in [-0.2, 0) is 10.0 Å². The summed E-state index contributed by atoms with van der Waals surface area (Å²) >= 11 is 7.78. The second-order valence-electron chi connectivity index (χ2n) is 6.25. The first-order valence-electron chi connectivity index (χ1n) is 8.50. The number of piperazine rings is 1. The Morgan fingerprint density at radius 2 is 1.56 bits per heavy atom. The van der Waals surface area contributed by atoms with Gasteiger partial charge in [0, 0.05) is 36.3 Å². The van der Waals surface area contributed by atoms with Crippen LogP contribution in [0, 0.1) is 0 Å².